The van der Waals surface area contributed by atoms with Crippen molar-refractivity contribution in [3.05, 3.63) is 29.8 Å². The van der Waals surface area contributed by atoms with Crippen LogP contribution >= 0.6 is 0 Å². The highest BCUT2D eigenvalue weighted by Gasteiger charge is 2.28. The molecule has 0 radical (unpaired) electrons. The van der Waals surface area contributed by atoms with Crippen LogP contribution in [0.5, 0.6) is 0 Å². The van der Waals surface area contributed by atoms with E-state index in [9.17, 15) is 8.42 Å². The van der Waals surface area contributed by atoms with E-state index in [4.69, 9.17) is 4.74 Å². The molecule has 5 heteroatoms. The van der Waals surface area contributed by atoms with E-state index in [2.05, 4.69) is 43.0 Å². The predicted molar refractivity (Wildman–Crippen MR) is 126 cm³/mol. The molecule has 0 amide bonds. The lowest BCUT2D eigenvalue weighted by molar-refractivity contribution is -0.00521. The summed E-state index contributed by atoms with van der Waals surface area (Å²) in [4.78, 5) is 2.43. The van der Waals surface area contributed by atoms with E-state index in [1.807, 2.05) is 13.8 Å². The first-order chi connectivity index (χ1) is 14.3. The number of benzene rings is 1. The largest absolute Gasteiger partial charge is 0.372 e. The van der Waals surface area contributed by atoms with E-state index in [0.717, 1.165) is 44.7 Å². The Hall–Kier alpha value is -1.07. The first kappa shape index (κ1) is 23.6. The molecule has 30 heavy (non-hydrogen) atoms. The van der Waals surface area contributed by atoms with Gasteiger partial charge < -0.3 is 9.64 Å². The fourth-order valence-electron chi connectivity index (χ4n) is 5.07. The molecule has 0 bridgehead atoms. The van der Waals surface area contributed by atoms with Crippen LogP contribution in [0.25, 0.3) is 0 Å². The summed E-state index contributed by atoms with van der Waals surface area (Å²) in [5, 5.41) is -0.193. The van der Waals surface area contributed by atoms with Crippen LogP contribution in [0.1, 0.15) is 71.8 Å². The molecule has 4 nitrogen and oxygen atoms in total. The van der Waals surface area contributed by atoms with Gasteiger partial charge in [0.1, 0.15) is 0 Å². The second-order valence-electron chi connectivity index (χ2n) is 9.80. The van der Waals surface area contributed by atoms with Crippen LogP contribution in [0.2, 0.25) is 0 Å². The van der Waals surface area contributed by atoms with Crippen LogP contribution in [0.15, 0.2) is 24.3 Å². The average molecular weight is 436 g/mol. The number of hydrogen-bond acceptors (Lipinski definition) is 4. The van der Waals surface area contributed by atoms with Crippen LogP contribution < -0.4 is 4.90 Å². The van der Waals surface area contributed by atoms with E-state index >= 15 is 0 Å². The topological polar surface area (TPSA) is 46.6 Å². The Morgan fingerprint density at radius 1 is 1.00 bits per heavy atom. The van der Waals surface area contributed by atoms with E-state index in [1.165, 1.54) is 30.5 Å². The minimum atomic E-state index is -2.92. The lowest BCUT2D eigenvalue weighted by Crippen LogP contribution is -2.45. The van der Waals surface area contributed by atoms with Crippen LogP contribution in [0.4, 0.5) is 5.69 Å². The zero-order valence-electron chi connectivity index (χ0n) is 19.3. The van der Waals surface area contributed by atoms with Crippen molar-refractivity contribution in [3.63, 3.8) is 0 Å². The molecule has 3 unspecified atom stereocenters. The predicted octanol–water partition coefficient (Wildman–Crippen LogP) is 5.25. The fraction of sp³-hybridized carbons (Fsp3) is 0.760. The van der Waals surface area contributed by atoms with Crippen LogP contribution in [0, 0.1) is 11.8 Å². The average Bonchev–Trinajstić information content (AvgIpc) is 2.72. The molecule has 1 aromatic carbocycles. The minimum absolute atomic E-state index is 0.193. The SMILES string of the molecule is CCC(C)S(=O)(=O)CC1CCC(CCc2ccc(N3CC(C)OC(C)C3)cc2)CC1. The van der Waals surface area contributed by atoms with Crippen molar-refractivity contribution >= 4 is 15.5 Å². The maximum absolute atomic E-state index is 12.4. The maximum atomic E-state index is 12.4. The van der Waals surface area contributed by atoms with Gasteiger partial charge in [-0.1, -0.05) is 31.9 Å². The monoisotopic (exact) mass is 435 g/mol. The van der Waals surface area contributed by atoms with Crippen LogP contribution in [0.3, 0.4) is 0 Å². The summed E-state index contributed by atoms with van der Waals surface area (Å²) in [7, 11) is -2.92. The second kappa shape index (κ2) is 10.5. The number of aryl methyl sites for hydroxylation is 1. The third-order valence-electron chi connectivity index (χ3n) is 7.18. The molecule has 0 N–H and O–H groups in total. The van der Waals surface area contributed by atoms with Gasteiger partial charge in [-0.05, 0) is 82.4 Å². The van der Waals surface area contributed by atoms with E-state index in [-0.39, 0.29) is 17.5 Å². The Bertz CT molecular complexity index is 743. The lowest BCUT2D eigenvalue weighted by Gasteiger charge is -2.37. The summed E-state index contributed by atoms with van der Waals surface area (Å²) < 4.78 is 30.6. The molecular formula is C25H41NO3S. The number of sulfone groups is 1. The fourth-order valence-corrected chi connectivity index (χ4v) is 6.89. The third kappa shape index (κ3) is 6.46. The molecular weight excluding hydrogens is 394 g/mol. The molecule has 3 atom stereocenters. The Kier molecular flexibility index (Phi) is 8.25. The summed E-state index contributed by atoms with van der Waals surface area (Å²) in [5.41, 5.74) is 2.71. The summed E-state index contributed by atoms with van der Waals surface area (Å²) in [6, 6.07) is 9.09. The molecule has 1 aliphatic carbocycles. The zero-order chi connectivity index (χ0) is 21.7. The zero-order valence-corrected chi connectivity index (χ0v) is 20.2. The standard InChI is InChI=1S/C25H41NO3S/c1-5-21(4)30(27,28)18-24-10-8-22(9-11-24)6-7-23-12-14-25(15-13-23)26-16-19(2)29-20(3)17-26/h12-15,19-22,24H,5-11,16-18H2,1-4H3. The van der Waals surface area contributed by atoms with Gasteiger partial charge in [0.25, 0.3) is 0 Å². The minimum Gasteiger partial charge on any atom is -0.372 e. The van der Waals surface area contributed by atoms with Crippen molar-refractivity contribution in [3.8, 4) is 0 Å². The Balaban J connectivity index is 1.42. The molecule has 1 aliphatic heterocycles. The van der Waals surface area contributed by atoms with Crippen molar-refractivity contribution < 1.29 is 13.2 Å². The number of nitrogens with zero attached hydrogens (tertiary/aromatic N) is 1. The normalized spacial score (nSPS) is 29.0. The maximum Gasteiger partial charge on any atom is 0.153 e. The Morgan fingerprint density at radius 3 is 2.13 bits per heavy atom. The van der Waals surface area contributed by atoms with Crippen molar-refractivity contribution in [1.29, 1.82) is 0 Å². The van der Waals surface area contributed by atoms with Gasteiger partial charge in [-0.25, -0.2) is 8.42 Å². The molecule has 1 heterocycles. The van der Waals surface area contributed by atoms with Gasteiger partial charge in [0.15, 0.2) is 9.84 Å². The highest BCUT2D eigenvalue weighted by molar-refractivity contribution is 7.92. The van der Waals surface area contributed by atoms with Gasteiger partial charge in [-0.2, -0.15) is 0 Å². The van der Waals surface area contributed by atoms with E-state index in [1.54, 1.807) is 0 Å². The van der Waals surface area contributed by atoms with Crippen molar-refractivity contribution in [2.24, 2.45) is 11.8 Å². The van der Waals surface area contributed by atoms with E-state index in [0.29, 0.717) is 11.7 Å². The second-order valence-corrected chi connectivity index (χ2v) is 12.3. The first-order valence-corrected chi connectivity index (χ1v) is 13.7. The molecule has 3 rings (SSSR count). The van der Waals surface area contributed by atoms with Crippen LogP contribution in [-0.4, -0.2) is 44.7 Å². The molecule has 0 aromatic heterocycles. The van der Waals surface area contributed by atoms with Gasteiger partial charge in [0.2, 0.25) is 0 Å². The molecule has 2 fully saturated rings. The summed E-state index contributed by atoms with van der Waals surface area (Å²) in [5.74, 6) is 1.51. The number of morpholine rings is 1. The van der Waals surface area contributed by atoms with E-state index < -0.39 is 9.84 Å². The van der Waals surface area contributed by atoms with Crippen molar-refractivity contribution in [1.82, 2.24) is 0 Å². The Morgan fingerprint density at radius 2 is 1.57 bits per heavy atom. The number of hydrogen-bond donors (Lipinski definition) is 0. The van der Waals surface area contributed by atoms with Gasteiger partial charge in [-0.15, -0.1) is 0 Å². The highest BCUT2D eigenvalue weighted by atomic mass is 32.2. The molecule has 1 saturated heterocycles. The molecule has 2 aliphatic rings. The molecule has 0 spiro atoms. The molecule has 1 saturated carbocycles. The quantitative estimate of drug-likeness (QED) is 0.559. The van der Waals surface area contributed by atoms with Crippen molar-refractivity contribution in [2.75, 3.05) is 23.7 Å². The summed E-state index contributed by atoms with van der Waals surface area (Å²) in [6.07, 6.45) is 8.14. The number of rotatable bonds is 8. The van der Waals surface area contributed by atoms with Gasteiger partial charge >= 0.3 is 0 Å². The summed E-state index contributed by atoms with van der Waals surface area (Å²) in [6.45, 7) is 10.0. The smallest absolute Gasteiger partial charge is 0.153 e. The number of ether oxygens (including phenoxy) is 1. The summed E-state index contributed by atoms with van der Waals surface area (Å²) >= 11 is 0. The third-order valence-corrected chi connectivity index (χ3v) is 9.68. The van der Waals surface area contributed by atoms with Gasteiger partial charge in [0, 0.05) is 18.8 Å². The highest BCUT2D eigenvalue weighted by Crippen LogP contribution is 2.33. The van der Waals surface area contributed by atoms with Gasteiger partial charge in [-0.3, -0.25) is 0 Å². The lowest BCUT2D eigenvalue weighted by atomic mass is 9.80. The molecule has 170 valence electrons. The van der Waals surface area contributed by atoms with Crippen molar-refractivity contribution in [2.45, 2.75) is 90.1 Å². The first-order valence-electron chi connectivity index (χ1n) is 12.0. The Labute approximate surface area is 184 Å². The van der Waals surface area contributed by atoms with Gasteiger partial charge in [0.05, 0.1) is 23.2 Å². The molecule has 1 aromatic rings. The number of anilines is 1. The van der Waals surface area contributed by atoms with Crippen LogP contribution in [-0.2, 0) is 21.0 Å².